The summed E-state index contributed by atoms with van der Waals surface area (Å²) in [5.41, 5.74) is 0.994. The van der Waals surface area contributed by atoms with Crippen LogP contribution in [0.4, 0.5) is 0 Å². The largest absolute Gasteiger partial charge is 0.496 e. The summed E-state index contributed by atoms with van der Waals surface area (Å²) in [6, 6.07) is 5.81. The first-order chi connectivity index (χ1) is 7.22. The maximum absolute atomic E-state index is 5.16. The number of nitrogens with one attached hydrogen (secondary N) is 1. The van der Waals surface area contributed by atoms with Crippen molar-refractivity contribution in [1.29, 1.82) is 0 Å². The number of methoxy groups -OCH3 is 1. The van der Waals surface area contributed by atoms with Crippen molar-refractivity contribution in [3.05, 3.63) is 39.8 Å². The molecule has 3 nitrogen and oxygen atoms in total. The fourth-order valence-electron chi connectivity index (χ4n) is 1.33. The lowest BCUT2D eigenvalue weighted by Crippen LogP contribution is -1.93. The van der Waals surface area contributed by atoms with E-state index in [1.165, 1.54) is 0 Å². The number of H-pyrrole nitrogens is 1. The number of hydrogen-bond donors (Lipinski definition) is 1. The van der Waals surface area contributed by atoms with Crippen LogP contribution in [0.15, 0.2) is 35.1 Å². The zero-order valence-corrected chi connectivity index (χ0v) is 10.4. The monoisotopic (exact) mass is 284 g/mol. The highest BCUT2D eigenvalue weighted by Crippen LogP contribution is 2.27. The molecule has 0 amide bonds. The molecule has 1 aromatic carbocycles. The minimum absolute atomic E-state index is 0.673. The summed E-state index contributed by atoms with van der Waals surface area (Å²) in [6.45, 7) is 0. The van der Waals surface area contributed by atoms with Gasteiger partial charge in [-0.2, -0.15) is 0 Å². The van der Waals surface area contributed by atoms with E-state index >= 15 is 0 Å². The number of aromatic amines is 1. The van der Waals surface area contributed by atoms with Gasteiger partial charge < -0.3 is 9.72 Å². The summed E-state index contributed by atoms with van der Waals surface area (Å²) in [7, 11) is 1.64. The second kappa shape index (κ2) is 4.20. The van der Waals surface area contributed by atoms with Crippen LogP contribution in [0.3, 0.4) is 0 Å². The fraction of sp³-hybridized carbons (Fsp3) is 0.100. The molecule has 0 aliphatic carbocycles. The molecule has 1 N–H and O–H groups in total. The van der Waals surface area contributed by atoms with Crippen molar-refractivity contribution in [2.24, 2.45) is 0 Å². The molecule has 15 heavy (non-hydrogen) atoms. The van der Waals surface area contributed by atoms with Gasteiger partial charge in [-0.3, -0.25) is 4.57 Å². The zero-order chi connectivity index (χ0) is 10.8. The predicted molar refractivity (Wildman–Crippen MR) is 65.2 cm³/mol. The molecule has 1 aromatic heterocycles. The van der Waals surface area contributed by atoms with E-state index in [1.807, 2.05) is 29.0 Å². The van der Waals surface area contributed by atoms with E-state index in [2.05, 4.69) is 20.9 Å². The lowest BCUT2D eigenvalue weighted by atomic mass is 10.3. The van der Waals surface area contributed by atoms with E-state index in [-0.39, 0.29) is 0 Å². The van der Waals surface area contributed by atoms with Crippen LogP contribution < -0.4 is 4.74 Å². The molecule has 0 aliphatic rings. The van der Waals surface area contributed by atoms with Gasteiger partial charge in [0.1, 0.15) is 5.75 Å². The number of benzene rings is 1. The minimum atomic E-state index is 0.673. The van der Waals surface area contributed by atoms with E-state index in [9.17, 15) is 0 Å². The van der Waals surface area contributed by atoms with E-state index in [4.69, 9.17) is 17.0 Å². The van der Waals surface area contributed by atoms with Gasteiger partial charge in [0.05, 0.1) is 11.6 Å². The fourth-order valence-corrected chi connectivity index (χ4v) is 2.09. The van der Waals surface area contributed by atoms with Crippen molar-refractivity contribution in [2.75, 3.05) is 7.11 Å². The van der Waals surface area contributed by atoms with Crippen molar-refractivity contribution >= 4 is 28.1 Å². The van der Waals surface area contributed by atoms with Gasteiger partial charge >= 0.3 is 0 Å². The number of aromatic nitrogens is 2. The van der Waals surface area contributed by atoms with Crippen LogP contribution in [0.25, 0.3) is 5.69 Å². The summed E-state index contributed by atoms with van der Waals surface area (Å²) in [5, 5.41) is 0. The van der Waals surface area contributed by atoms with Gasteiger partial charge in [0, 0.05) is 18.1 Å². The Morgan fingerprint density at radius 1 is 1.47 bits per heavy atom. The Kier molecular flexibility index (Phi) is 2.93. The maximum Gasteiger partial charge on any atom is 0.181 e. The van der Waals surface area contributed by atoms with E-state index in [0.717, 1.165) is 15.9 Å². The predicted octanol–water partition coefficient (Wildman–Crippen LogP) is 3.31. The topological polar surface area (TPSA) is 29.9 Å². The highest BCUT2D eigenvalue weighted by Gasteiger charge is 2.03. The van der Waals surface area contributed by atoms with Crippen LogP contribution in [0.5, 0.6) is 5.75 Å². The summed E-state index contributed by atoms with van der Waals surface area (Å²) in [5.74, 6) is 0.806. The molecule has 0 saturated heterocycles. The third kappa shape index (κ3) is 1.98. The Balaban J connectivity index is 2.52. The van der Waals surface area contributed by atoms with E-state index in [1.54, 1.807) is 13.3 Å². The number of ether oxygens (including phenoxy) is 1. The molecule has 0 atom stereocenters. The third-order valence-electron chi connectivity index (χ3n) is 2.06. The van der Waals surface area contributed by atoms with Gasteiger partial charge in [0.2, 0.25) is 0 Å². The molecule has 0 unspecified atom stereocenters. The first kappa shape index (κ1) is 10.4. The number of nitrogens with zero attached hydrogens (tertiary/aromatic N) is 1. The molecule has 0 saturated carbocycles. The van der Waals surface area contributed by atoms with Crippen LogP contribution in [0.2, 0.25) is 0 Å². The molecule has 0 aliphatic heterocycles. The smallest absolute Gasteiger partial charge is 0.181 e. The molecule has 2 rings (SSSR count). The molecule has 0 spiro atoms. The van der Waals surface area contributed by atoms with Crippen LogP contribution >= 0.6 is 28.1 Å². The van der Waals surface area contributed by atoms with Gasteiger partial charge in [-0.1, -0.05) is 0 Å². The van der Waals surface area contributed by atoms with Crippen LogP contribution in [0, 0.1) is 4.77 Å². The average molecular weight is 285 g/mol. The SMILES string of the molecule is COc1ccc(-n2cc[nH]c2=S)cc1Br. The number of imidazole rings is 1. The lowest BCUT2D eigenvalue weighted by molar-refractivity contribution is 0.412. The summed E-state index contributed by atoms with van der Waals surface area (Å²) in [4.78, 5) is 2.95. The Hall–Kier alpha value is -1.07. The van der Waals surface area contributed by atoms with Crippen LogP contribution in [-0.2, 0) is 0 Å². The maximum atomic E-state index is 5.16. The molecule has 0 bridgehead atoms. The second-order valence-electron chi connectivity index (χ2n) is 2.95. The van der Waals surface area contributed by atoms with Crippen LogP contribution in [-0.4, -0.2) is 16.7 Å². The third-order valence-corrected chi connectivity index (χ3v) is 3.00. The summed E-state index contributed by atoms with van der Waals surface area (Å²) in [6.07, 6.45) is 3.69. The first-order valence-electron chi connectivity index (χ1n) is 4.32. The summed E-state index contributed by atoms with van der Waals surface area (Å²) >= 11 is 8.57. The van der Waals surface area contributed by atoms with Crippen molar-refractivity contribution in [3.63, 3.8) is 0 Å². The lowest BCUT2D eigenvalue weighted by Gasteiger charge is -2.06. The molecule has 0 radical (unpaired) electrons. The number of hydrogen-bond acceptors (Lipinski definition) is 2. The Morgan fingerprint density at radius 3 is 2.80 bits per heavy atom. The number of halogens is 1. The molecular formula is C10H9BrN2OS. The molecule has 0 fully saturated rings. The standard InChI is InChI=1S/C10H9BrN2OS/c1-14-9-3-2-7(6-8(9)11)13-5-4-12-10(13)15/h2-6H,1H3,(H,12,15). The quantitative estimate of drug-likeness (QED) is 0.858. The van der Waals surface area contributed by atoms with Gasteiger partial charge in [-0.05, 0) is 46.3 Å². The zero-order valence-electron chi connectivity index (χ0n) is 8.03. The van der Waals surface area contributed by atoms with Crippen LogP contribution in [0.1, 0.15) is 0 Å². The van der Waals surface area contributed by atoms with Gasteiger partial charge in [-0.15, -0.1) is 0 Å². The van der Waals surface area contributed by atoms with Crippen molar-refractivity contribution in [2.45, 2.75) is 0 Å². The normalized spacial score (nSPS) is 10.3. The van der Waals surface area contributed by atoms with E-state index in [0.29, 0.717) is 4.77 Å². The summed E-state index contributed by atoms with van der Waals surface area (Å²) < 4.78 is 8.63. The molecular weight excluding hydrogens is 276 g/mol. The van der Waals surface area contributed by atoms with Crippen molar-refractivity contribution in [1.82, 2.24) is 9.55 Å². The van der Waals surface area contributed by atoms with Gasteiger partial charge in [-0.25, -0.2) is 0 Å². The highest BCUT2D eigenvalue weighted by molar-refractivity contribution is 9.10. The van der Waals surface area contributed by atoms with Gasteiger partial charge in [0.15, 0.2) is 4.77 Å². The molecule has 1 heterocycles. The van der Waals surface area contributed by atoms with Gasteiger partial charge in [0.25, 0.3) is 0 Å². The van der Waals surface area contributed by atoms with E-state index < -0.39 is 0 Å². The minimum Gasteiger partial charge on any atom is -0.496 e. The average Bonchev–Trinajstić information content (AvgIpc) is 2.64. The highest BCUT2D eigenvalue weighted by atomic mass is 79.9. The Bertz CT molecular complexity index is 532. The first-order valence-corrected chi connectivity index (χ1v) is 5.52. The number of rotatable bonds is 2. The van der Waals surface area contributed by atoms with Crippen molar-refractivity contribution in [3.8, 4) is 11.4 Å². The second-order valence-corrected chi connectivity index (χ2v) is 4.20. The Morgan fingerprint density at radius 2 is 2.27 bits per heavy atom. The Labute approximate surface area is 101 Å². The molecule has 78 valence electrons. The molecule has 5 heteroatoms. The molecule has 2 aromatic rings. The van der Waals surface area contributed by atoms with Crippen molar-refractivity contribution < 1.29 is 4.74 Å².